The molecule has 5 aromatic rings. The van der Waals surface area contributed by atoms with Crippen LogP contribution in [0.25, 0.3) is 44.6 Å². The van der Waals surface area contributed by atoms with Crippen molar-refractivity contribution in [1.82, 2.24) is 24.2 Å². The Hall–Kier alpha value is -4.70. The summed E-state index contributed by atoms with van der Waals surface area (Å²) < 4.78 is 14.5. The number of carbonyl (C=O) groups is 2. The molecule has 0 amide bonds. The SMILES string of the molecule is CCc1ccc(-c2ccc3c(-c4nc5c(N6CCN(C)CC6)cccc5n4C(=O)OC(C)(C)C)nn(C(=O)OC(C)(C)C)c3c2)cc1. The van der Waals surface area contributed by atoms with Gasteiger partial charge in [0.1, 0.15) is 22.4 Å². The number of anilines is 1. The van der Waals surface area contributed by atoms with Gasteiger partial charge in [0.2, 0.25) is 0 Å². The Kier molecular flexibility index (Phi) is 8.34. The maximum Gasteiger partial charge on any atom is 0.435 e. The summed E-state index contributed by atoms with van der Waals surface area (Å²) in [5.74, 6) is 0.295. The first-order valence-electron chi connectivity index (χ1n) is 16.3. The lowest BCUT2D eigenvalue weighted by molar-refractivity contribution is 0.0520. The molecule has 47 heavy (non-hydrogen) atoms. The van der Waals surface area contributed by atoms with Gasteiger partial charge in [0.25, 0.3) is 0 Å². The Balaban J connectivity index is 1.58. The Morgan fingerprint density at radius 2 is 1.43 bits per heavy atom. The molecule has 0 bridgehead atoms. The van der Waals surface area contributed by atoms with Crippen LogP contribution in [0.4, 0.5) is 15.3 Å². The molecule has 0 saturated carbocycles. The van der Waals surface area contributed by atoms with Crippen LogP contribution in [0.3, 0.4) is 0 Å². The molecule has 0 N–H and O–H groups in total. The molecule has 3 heterocycles. The maximum absolute atomic E-state index is 14.0. The zero-order chi connectivity index (χ0) is 33.7. The summed E-state index contributed by atoms with van der Waals surface area (Å²) in [7, 11) is 2.12. The standard InChI is InChI=1S/C37H44N6O4/c1-9-24-13-15-25(16-14-24)26-17-18-27-30(23-26)43(35(45)47-37(5,6)7)39-31(27)33-38-32-28(41-21-19-40(8)20-22-41)11-10-12-29(32)42(33)34(44)46-36(2,3)4/h10-18,23H,9,19-22H2,1-8H3. The molecule has 1 fully saturated rings. The number of aromatic nitrogens is 4. The zero-order valence-electron chi connectivity index (χ0n) is 28.6. The van der Waals surface area contributed by atoms with Crippen LogP contribution >= 0.6 is 0 Å². The fourth-order valence-corrected chi connectivity index (χ4v) is 5.88. The highest BCUT2D eigenvalue weighted by Gasteiger charge is 2.31. The first kappa shape index (κ1) is 32.2. The van der Waals surface area contributed by atoms with Gasteiger partial charge in [0, 0.05) is 31.6 Å². The van der Waals surface area contributed by atoms with Gasteiger partial charge in [-0.25, -0.2) is 19.1 Å². The van der Waals surface area contributed by atoms with Gasteiger partial charge in [-0.05, 0) is 96.0 Å². The smallest absolute Gasteiger partial charge is 0.435 e. The van der Waals surface area contributed by atoms with Crippen LogP contribution in [-0.2, 0) is 15.9 Å². The molecular weight excluding hydrogens is 592 g/mol. The summed E-state index contributed by atoms with van der Waals surface area (Å²) >= 11 is 0. The van der Waals surface area contributed by atoms with E-state index < -0.39 is 23.4 Å². The largest absolute Gasteiger partial charge is 0.443 e. The Bertz CT molecular complexity index is 1950. The first-order chi connectivity index (χ1) is 22.2. The molecule has 10 nitrogen and oxygen atoms in total. The van der Waals surface area contributed by atoms with Crippen molar-refractivity contribution in [2.24, 2.45) is 0 Å². The second-order valence-corrected chi connectivity index (χ2v) is 14.2. The number of hydrogen-bond acceptors (Lipinski definition) is 8. The number of likely N-dealkylation sites (N-methyl/N-ethyl adjacent to an activating group) is 1. The van der Waals surface area contributed by atoms with Crippen LogP contribution < -0.4 is 4.90 Å². The number of ether oxygens (including phenoxy) is 2. The fraction of sp³-hybridized carbons (Fsp3) is 0.405. The molecule has 1 aliphatic heterocycles. The molecule has 3 aromatic carbocycles. The summed E-state index contributed by atoms with van der Waals surface area (Å²) in [5, 5.41) is 5.48. The highest BCUT2D eigenvalue weighted by Crippen LogP contribution is 2.36. The maximum atomic E-state index is 14.0. The van der Waals surface area contributed by atoms with Crippen molar-refractivity contribution in [2.75, 3.05) is 38.1 Å². The van der Waals surface area contributed by atoms with Crippen LogP contribution in [-0.4, -0.2) is 80.8 Å². The normalized spacial score (nSPS) is 14.6. The van der Waals surface area contributed by atoms with Crippen molar-refractivity contribution in [1.29, 1.82) is 0 Å². The van der Waals surface area contributed by atoms with E-state index in [1.54, 1.807) is 0 Å². The lowest BCUT2D eigenvalue weighted by atomic mass is 10.0. The van der Waals surface area contributed by atoms with E-state index in [0.717, 1.165) is 49.4 Å². The molecule has 0 aliphatic carbocycles. The average Bonchev–Trinajstić information content (AvgIpc) is 3.58. The van der Waals surface area contributed by atoms with Crippen molar-refractivity contribution < 1.29 is 19.1 Å². The van der Waals surface area contributed by atoms with E-state index in [1.165, 1.54) is 14.8 Å². The Morgan fingerprint density at radius 3 is 2.06 bits per heavy atom. The zero-order valence-corrected chi connectivity index (χ0v) is 28.6. The van der Waals surface area contributed by atoms with Gasteiger partial charge in [-0.3, -0.25) is 0 Å². The van der Waals surface area contributed by atoms with E-state index in [1.807, 2.05) is 77.9 Å². The van der Waals surface area contributed by atoms with Crippen LogP contribution in [0.1, 0.15) is 54.0 Å². The fourth-order valence-electron chi connectivity index (χ4n) is 5.88. The summed E-state index contributed by atoms with van der Waals surface area (Å²) in [6.07, 6.45) is -0.244. The quantitative estimate of drug-likeness (QED) is 0.199. The molecule has 10 heteroatoms. The number of rotatable bonds is 4. The number of hydrogen-bond donors (Lipinski definition) is 0. The molecule has 1 aliphatic rings. The first-order valence-corrected chi connectivity index (χ1v) is 16.3. The third-order valence-corrected chi connectivity index (χ3v) is 8.24. The summed E-state index contributed by atoms with van der Waals surface area (Å²) in [6, 6.07) is 20.1. The molecule has 0 radical (unpaired) electrons. The van der Waals surface area contributed by atoms with Gasteiger partial charge < -0.3 is 19.3 Å². The highest BCUT2D eigenvalue weighted by molar-refractivity contribution is 6.03. The lowest BCUT2D eigenvalue weighted by Gasteiger charge is -2.34. The van der Waals surface area contributed by atoms with E-state index in [-0.39, 0.29) is 0 Å². The molecule has 0 spiro atoms. The van der Waals surface area contributed by atoms with Gasteiger partial charge in [-0.15, -0.1) is 0 Å². The van der Waals surface area contributed by atoms with E-state index in [4.69, 9.17) is 19.6 Å². The second-order valence-electron chi connectivity index (χ2n) is 14.2. The number of piperazine rings is 1. The summed E-state index contributed by atoms with van der Waals surface area (Å²) in [5.41, 5.74) is 4.84. The van der Waals surface area contributed by atoms with Gasteiger partial charge >= 0.3 is 12.2 Å². The number of carbonyl (C=O) groups excluding carboxylic acids is 2. The van der Waals surface area contributed by atoms with Crippen molar-refractivity contribution in [3.63, 3.8) is 0 Å². The molecular formula is C37H44N6O4. The molecule has 1 saturated heterocycles. The minimum Gasteiger partial charge on any atom is -0.443 e. The Morgan fingerprint density at radius 1 is 0.787 bits per heavy atom. The van der Waals surface area contributed by atoms with Crippen molar-refractivity contribution >= 4 is 39.8 Å². The number of benzene rings is 3. The monoisotopic (exact) mass is 636 g/mol. The predicted octanol–water partition coefficient (Wildman–Crippen LogP) is 7.60. The van der Waals surface area contributed by atoms with Crippen molar-refractivity contribution in [2.45, 2.75) is 66.1 Å². The topological polar surface area (TPSA) is 94.7 Å². The molecule has 0 atom stereocenters. The van der Waals surface area contributed by atoms with Crippen LogP contribution in [0.5, 0.6) is 0 Å². The number of fused-ring (bicyclic) bond motifs is 2. The molecule has 2 aromatic heterocycles. The number of imidazole rings is 1. The van der Waals surface area contributed by atoms with E-state index in [9.17, 15) is 9.59 Å². The van der Waals surface area contributed by atoms with Crippen LogP contribution in [0.15, 0.2) is 60.7 Å². The molecule has 0 unspecified atom stereocenters. The summed E-state index contributed by atoms with van der Waals surface area (Å²) in [6.45, 7) is 16.6. The minimum absolute atomic E-state index is 0.295. The minimum atomic E-state index is -0.750. The molecule has 246 valence electrons. The van der Waals surface area contributed by atoms with Gasteiger partial charge in [0.15, 0.2) is 5.82 Å². The van der Waals surface area contributed by atoms with Gasteiger partial charge in [0.05, 0.1) is 16.7 Å². The second kappa shape index (κ2) is 12.2. The number of aryl methyl sites for hydroxylation is 1. The average molecular weight is 637 g/mol. The summed E-state index contributed by atoms with van der Waals surface area (Å²) in [4.78, 5) is 37.3. The van der Waals surface area contributed by atoms with E-state index in [2.05, 4.69) is 48.0 Å². The predicted molar refractivity (Wildman–Crippen MR) is 186 cm³/mol. The van der Waals surface area contributed by atoms with E-state index >= 15 is 0 Å². The lowest BCUT2D eigenvalue weighted by Crippen LogP contribution is -2.44. The third kappa shape index (κ3) is 6.60. The van der Waals surface area contributed by atoms with E-state index in [0.29, 0.717) is 33.5 Å². The van der Waals surface area contributed by atoms with Crippen LogP contribution in [0, 0.1) is 0 Å². The molecule has 6 rings (SSSR count). The van der Waals surface area contributed by atoms with Gasteiger partial charge in [-0.2, -0.15) is 9.78 Å². The van der Waals surface area contributed by atoms with Crippen molar-refractivity contribution in [3.05, 3.63) is 66.2 Å². The van der Waals surface area contributed by atoms with Crippen LogP contribution in [0.2, 0.25) is 0 Å². The van der Waals surface area contributed by atoms with Gasteiger partial charge in [-0.1, -0.05) is 43.3 Å². The number of para-hydroxylation sites is 1. The number of nitrogens with zero attached hydrogens (tertiary/aromatic N) is 6. The van der Waals surface area contributed by atoms with Crippen molar-refractivity contribution in [3.8, 4) is 22.6 Å². The third-order valence-electron chi connectivity index (χ3n) is 8.24. The highest BCUT2D eigenvalue weighted by atomic mass is 16.6. The Labute approximate surface area is 275 Å².